The highest BCUT2D eigenvalue weighted by Gasteiger charge is 2.15. The predicted molar refractivity (Wildman–Crippen MR) is 89.2 cm³/mol. The summed E-state index contributed by atoms with van der Waals surface area (Å²) in [7, 11) is 0. The molecule has 0 saturated heterocycles. The minimum atomic E-state index is -0.810. The molecule has 0 spiro atoms. The smallest absolute Gasteiger partial charge is 0.314 e. The highest BCUT2D eigenvalue weighted by atomic mass is 35.5. The molecule has 7 nitrogen and oxygen atoms in total. The van der Waals surface area contributed by atoms with Gasteiger partial charge in [0.05, 0.1) is 28.1 Å². The SMILES string of the molecule is Nc1ccc(NC(=O)C(=O)Nc2ccc3nc[nH]c3c2)cc1Cl. The number of benzene rings is 2. The number of aromatic amines is 1. The molecule has 1 aromatic heterocycles. The van der Waals surface area contributed by atoms with E-state index >= 15 is 0 Å². The van der Waals surface area contributed by atoms with Crippen molar-refractivity contribution in [2.45, 2.75) is 0 Å². The predicted octanol–water partition coefficient (Wildman–Crippen LogP) is 2.38. The molecule has 5 N–H and O–H groups in total. The fourth-order valence-corrected chi connectivity index (χ4v) is 2.17. The standard InChI is InChI=1S/C15H12ClN5O2/c16-10-5-8(1-3-11(10)17)20-14(22)15(23)21-9-2-4-12-13(6-9)19-7-18-12/h1-7H,17H2,(H,18,19)(H,20,22)(H,21,23). The van der Waals surface area contributed by atoms with Crippen LogP contribution in [0.1, 0.15) is 0 Å². The minimum Gasteiger partial charge on any atom is -0.398 e. The quantitative estimate of drug-likeness (QED) is 0.427. The van der Waals surface area contributed by atoms with E-state index in [0.29, 0.717) is 22.1 Å². The molecule has 0 atom stereocenters. The zero-order valence-corrected chi connectivity index (χ0v) is 12.5. The van der Waals surface area contributed by atoms with Gasteiger partial charge in [0, 0.05) is 11.4 Å². The van der Waals surface area contributed by atoms with Gasteiger partial charge < -0.3 is 21.4 Å². The van der Waals surface area contributed by atoms with Crippen LogP contribution in [0.2, 0.25) is 5.02 Å². The maximum Gasteiger partial charge on any atom is 0.314 e. The first-order chi connectivity index (χ1) is 11.0. The molecule has 0 aliphatic rings. The Labute approximate surface area is 135 Å². The maximum atomic E-state index is 11.9. The topological polar surface area (TPSA) is 113 Å². The molecule has 1 heterocycles. The molecule has 8 heteroatoms. The summed E-state index contributed by atoms with van der Waals surface area (Å²) in [6, 6.07) is 9.66. The molecule has 2 amide bonds. The number of H-pyrrole nitrogens is 1. The Morgan fingerprint density at radius 3 is 2.39 bits per heavy atom. The summed E-state index contributed by atoms with van der Waals surface area (Å²) >= 11 is 5.87. The first-order valence-corrected chi connectivity index (χ1v) is 7.01. The fraction of sp³-hybridized carbons (Fsp3) is 0. The maximum absolute atomic E-state index is 11.9. The summed E-state index contributed by atoms with van der Waals surface area (Å²) in [6.07, 6.45) is 1.55. The lowest BCUT2D eigenvalue weighted by atomic mass is 10.2. The zero-order valence-electron chi connectivity index (χ0n) is 11.8. The van der Waals surface area contributed by atoms with Gasteiger partial charge >= 0.3 is 11.8 Å². The van der Waals surface area contributed by atoms with Crippen molar-refractivity contribution in [1.29, 1.82) is 0 Å². The van der Waals surface area contributed by atoms with E-state index < -0.39 is 11.8 Å². The van der Waals surface area contributed by atoms with E-state index in [-0.39, 0.29) is 0 Å². The van der Waals surface area contributed by atoms with Gasteiger partial charge in [-0.2, -0.15) is 0 Å². The molecule has 3 aromatic rings. The van der Waals surface area contributed by atoms with Crippen LogP contribution in [0.25, 0.3) is 11.0 Å². The van der Waals surface area contributed by atoms with Crippen LogP contribution in [0, 0.1) is 0 Å². The molecule has 0 saturated carbocycles. The van der Waals surface area contributed by atoms with Crippen LogP contribution in [0.15, 0.2) is 42.7 Å². The van der Waals surface area contributed by atoms with Crippen LogP contribution >= 0.6 is 11.6 Å². The van der Waals surface area contributed by atoms with Crippen molar-refractivity contribution >= 4 is 51.5 Å². The lowest BCUT2D eigenvalue weighted by molar-refractivity contribution is -0.132. The van der Waals surface area contributed by atoms with Gasteiger partial charge in [-0.15, -0.1) is 0 Å². The number of nitrogens with zero attached hydrogens (tertiary/aromatic N) is 1. The summed E-state index contributed by atoms with van der Waals surface area (Å²) < 4.78 is 0. The Morgan fingerprint density at radius 2 is 1.70 bits per heavy atom. The molecule has 0 fully saturated rings. The highest BCUT2D eigenvalue weighted by Crippen LogP contribution is 2.22. The Morgan fingerprint density at radius 1 is 1.04 bits per heavy atom. The molecule has 23 heavy (non-hydrogen) atoms. The summed E-state index contributed by atoms with van der Waals surface area (Å²) in [5.41, 5.74) is 8.37. The second-order valence-corrected chi connectivity index (χ2v) is 5.19. The van der Waals surface area contributed by atoms with E-state index in [4.69, 9.17) is 17.3 Å². The number of rotatable bonds is 2. The van der Waals surface area contributed by atoms with Gasteiger partial charge in [-0.1, -0.05) is 11.6 Å². The number of hydrogen-bond acceptors (Lipinski definition) is 4. The normalized spacial score (nSPS) is 10.5. The Balaban J connectivity index is 1.69. The van der Waals surface area contributed by atoms with Gasteiger partial charge in [0.25, 0.3) is 0 Å². The van der Waals surface area contributed by atoms with Crippen LogP contribution < -0.4 is 16.4 Å². The van der Waals surface area contributed by atoms with Crippen LogP contribution in [0.5, 0.6) is 0 Å². The van der Waals surface area contributed by atoms with Crippen molar-refractivity contribution in [1.82, 2.24) is 9.97 Å². The molecule has 0 bridgehead atoms. The Bertz CT molecular complexity index is 906. The van der Waals surface area contributed by atoms with E-state index in [1.54, 1.807) is 36.7 Å². The molecule has 0 aliphatic heterocycles. The van der Waals surface area contributed by atoms with E-state index in [1.165, 1.54) is 6.07 Å². The van der Waals surface area contributed by atoms with Crippen molar-refractivity contribution in [2.75, 3.05) is 16.4 Å². The first-order valence-electron chi connectivity index (χ1n) is 6.63. The van der Waals surface area contributed by atoms with Crippen LogP contribution in [-0.4, -0.2) is 21.8 Å². The summed E-state index contributed by atoms with van der Waals surface area (Å²) in [5.74, 6) is -1.60. The molecular weight excluding hydrogens is 318 g/mol. The second-order valence-electron chi connectivity index (χ2n) is 4.78. The largest absolute Gasteiger partial charge is 0.398 e. The molecule has 2 aromatic carbocycles. The molecule has 0 unspecified atom stereocenters. The average molecular weight is 330 g/mol. The lowest BCUT2D eigenvalue weighted by Crippen LogP contribution is -2.29. The first kappa shape index (κ1) is 14.9. The monoisotopic (exact) mass is 329 g/mol. The van der Waals surface area contributed by atoms with Gasteiger partial charge in [0.1, 0.15) is 0 Å². The number of anilines is 3. The highest BCUT2D eigenvalue weighted by molar-refractivity contribution is 6.44. The number of nitrogens with one attached hydrogen (secondary N) is 3. The van der Waals surface area contributed by atoms with Crippen molar-refractivity contribution in [2.24, 2.45) is 0 Å². The van der Waals surface area contributed by atoms with Crippen LogP contribution in [0.4, 0.5) is 17.1 Å². The zero-order chi connectivity index (χ0) is 16.4. The number of amides is 2. The van der Waals surface area contributed by atoms with Crippen molar-refractivity contribution in [3.05, 3.63) is 47.7 Å². The number of fused-ring (bicyclic) bond motifs is 1. The van der Waals surface area contributed by atoms with Crippen molar-refractivity contribution in [3.63, 3.8) is 0 Å². The number of aromatic nitrogens is 2. The number of halogens is 1. The fourth-order valence-electron chi connectivity index (χ4n) is 1.99. The molecule has 0 aliphatic carbocycles. The van der Waals surface area contributed by atoms with Crippen molar-refractivity contribution < 1.29 is 9.59 Å². The summed E-state index contributed by atoms with van der Waals surface area (Å²) in [6.45, 7) is 0. The van der Waals surface area contributed by atoms with Gasteiger partial charge in [0.15, 0.2) is 0 Å². The number of nitrogens with two attached hydrogens (primary N) is 1. The number of hydrogen-bond donors (Lipinski definition) is 4. The van der Waals surface area contributed by atoms with Crippen LogP contribution in [-0.2, 0) is 9.59 Å². The number of carbonyl (C=O) groups excluding carboxylic acids is 2. The molecule has 3 rings (SSSR count). The Hall–Kier alpha value is -3.06. The summed E-state index contributed by atoms with van der Waals surface area (Å²) in [5, 5.41) is 5.26. The number of nitrogen functional groups attached to an aromatic ring is 1. The van der Waals surface area contributed by atoms with E-state index in [1.807, 2.05) is 0 Å². The van der Waals surface area contributed by atoms with Crippen LogP contribution in [0.3, 0.4) is 0 Å². The molecule has 116 valence electrons. The second kappa shape index (κ2) is 5.98. The third kappa shape index (κ3) is 3.24. The summed E-state index contributed by atoms with van der Waals surface area (Å²) in [4.78, 5) is 30.8. The van der Waals surface area contributed by atoms with Gasteiger partial charge in [-0.25, -0.2) is 4.98 Å². The molecule has 0 radical (unpaired) electrons. The van der Waals surface area contributed by atoms with E-state index in [9.17, 15) is 9.59 Å². The molecular formula is C15H12ClN5O2. The van der Waals surface area contributed by atoms with E-state index in [0.717, 1.165) is 11.0 Å². The minimum absolute atomic E-state index is 0.299. The van der Waals surface area contributed by atoms with Gasteiger partial charge in [0.2, 0.25) is 0 Å². The van der Waals surface area contributed by atoms with Gasteiger partial charge in [-0.3, -0.25) is 9.59 Å². The third-order valence-corrected chi connectivity index (χ3v) is 3.47. The van der Waals surface area contributed by atoms with Gasteiger partial charge in [-0.05, 0) is 36.4 Å². The van der Waals surface area contributed by atoms with E-state index in [2.05, 4.69) is 20.6 Å². The number of imidazole rings is 1. The number of carbonyl (C=O) groups is 2. The average Bonchev–Trinajstić information content (AvgIpc) is 2.98. The Kier molecular flexibility index (Phi) is 3.86. The lowest BCUT2D eigenvalue weighted by Gasteiger charge is -2.07. The van der Waals surface area contributed by atoms with Crippen molar-refractivity contribution in [3.8, 4) is 0 Å². The third-order valence-electron chi connectivity index (χ3n) is 3.14.